The third-order valence-electron chi connectivity index (χ3n) is 3.51. The van der Waals surface area contributed by atoms with Crippen LogP contribution in [0.4, 0.5) is 5.69 Å². The van der Waals surface area contributed by atoms with Crippen LogP contribution < -0.4 is 4.74 Å². The van der Waals surface area contributed by atoms with Crippen LogP contribution in [0.5, 0.6) is 5.75 Å². The number of rotatable bonds is 4. The van der Waals surface area contributed by atoms with Gasteiger partial charge in [-0.25, -0.2) is 0 Å². The van der Waals surface area contributed by atoms with E-state index in [1.165, 1.54) is 5.56 Å². The maximum Gasteiger partial charge on any atom is 0.119 e. The van der Waals surface area contributed by atoms with E-state index in [9.17, 15) is 0 Å². The molecule has 3 aromatic rings. The van der Waals surface area contributed by atoms with E-state index in [0.29, 0.717) is 0 Å². The summed E-state index contributed by atoms with van der Waals surface area (Å²) in [6.45, 7) is 2.07. The maximum atomic E-state index is 5.20. The van der Waals surface area contributed by atoms with Gasteiger partial charge in [-0.3, -0.25) is 4.99 Å². The molecule has 0 aliphatic heterocycles. The van der Waals surface area contributed by atoms with Gasteiger partial charge in [-0.05, 0) is 55.5 Å². The minimum atomic E-state index is 0.853. The first-order chi connectivity index (χ1) is 10.8. The fraction of sp³-hybridized carbons (Fsp3) is 0.105. The number of ether oxygens (including phenoxy) is 1. The first kappa shape index (κ1) is 14.1. The summed E-state index contributed by atoms with van der Waals surface area (Å²) < 4.78 is 7.29. The van der Waals surface area contributed by atoms with Gasteiger partial charge in [0.2, 0.25) is 0 Å². The lowest BCUT2D eigenvalue weighted by molar-refractivity contribution is 0.415. The van der Waals surface area contributed by atoms with Crippen LogP contribution in [0.3, 0.4) is 0 Å². The second-order valence-electron chi connectivity index (χ2n) is 5.09. The lowest BCUT2D eigenvalue weighted by atomic mass is 10.2. The van der Waals surface area contributed by atoms with Crippen LogP contribution in [0.1, 0.15) is 11.3 Å². The zero-order chi connectivity index (χ0) is 15.4. The van der Waals surface area contributed by atoms with Gasteiger partial charge in [-0.1, -0.05) is 17.7 Å². The summed E-state index contributed by atoms with van der Waals surface area (Å²) in [5, 5.41) is 0. The molecule has 0 atom stereocenters. The van der Waals surface area contributed by atoms with Gasteiger partial charge in [-0.15, -0.1) is 0 Å². The molecule has 3 rings (SSSR count). The molecule has 0 saturated carbocycles. The molecular formula is C19H18N2O. The highest BCUT2D eigenvalue weighted by Gasteiger charge is 2.01. The molecule has 3 heteroatoms. The number of aryl methyl sites for hydroxylation is 1. The van der Waals surface area contributed by atoms with Crippen molar-refractivity contribution < 1.29 is 4.74 Å². The third-order valence-corrected chi connectivity index (χ3v) is 3.51. The predicted molar refractivity (Wildman–Crippen MR) is 90.8 cm³/mol. The Bertz CT molecular complexity index is 768. The molecule has 0 amide bonds. The van der Waals surface area contributed by atoms with Crippen molar-refractivity contribution in [3.63, 3.8) is 0 Å². The quantitative estimate of drug-likeness (QED) is 0.648. The summed E-state index contributed by atoms with van der Waals surface area (Å²) in [6, 6.07) is 20.2. The SMILES string of the molecule is COc1ccc(-n2cccc2C=Nc2ccc(C)cc2)cc1. The van der Waals surface area contributed by atoms with Crippen LogP contribution in [0.15, 0.2) is 71.9 Å². The summed E-state index contributed by atoms with van der Waals surface area (Å²) in [6.07, 6.45) is 3.91. The average molecular weight is 290 g/mol. The van der Waals surface area contributed by atoms with E-state index in [1.54, 1.807) is 7.11 Å². The molecule has 0 aliphatic rings. The van der Waals surface area contributed by atoms with Gasteiger partial charge in [0.1, 0.15) is 5.75 Å². The van der Waals surface area contributed by atoms with Crippen LogP contribution in [-0.2, 0) is 0 Å². The molecule has 2 aromatic carbocycles. The van der Waals surface area contributed by atoms with E-state index in [0.717, 1.165) is 22.8 Å². The highest BCUT2D eigenvalue weighted by atomic mass is 16.5. The Labute approximate surface area is 130 Å². The lowest BCUT2D eigenvalue weighted by Gasteiger charge is -2.07. The standard InChI is InChI=1S/C19H18N2O/c1-15-5-7-16(8-6-15)20-14-18-4-3-13-21(18)17-9-11-19(22-2)12-10-17/h3-14H,1-2H3. The average Bonchev–Trinajstić information content (AvgIpc) is 3.03. The number of aliphatic imine (C=N–C) groups is 1. The van der Waals surface area contributed by atoms with Crippen LogP contribution in [0.2, 0.25) is 0 Å². The number of hydrogen-bond acceptors (Lipinski definition) is 2. The Hall–Kier alpha value is -2.81. The number of aromatic nitrogens is 1. The van der Waals surface area contributed by atoms with Crippen molar-refractivity contribution in [3.8, 4) is 11.4 Å². The van der Waals surface area contributed by atoms with Crippen molar-refractivity contribution in [2.45, 2.75) is 6.92 Å². The Balaban J connectivity index is 1.86. The molecule has 0 unspecified atom stereocenters. The summed E-state index contributed by atoms with van der Waals surface area (Å²) in [7, 11) is 1.67. The smallest absolute Gasteiger partial charge is 0.119 e. The minimum Gasteiger partial charge on any atom is -0.497 e. The number of methoxy groups -OCH3 is 1. The van der Waals surface area contributed by atoms with Crippen molar-refractivity contribution in [1.29, 1.82) is 0 Å². The van der Waals surface area contributed by atoms with Gasteiger partial charge in [0, 0.05) is 11.9 Å². The largest absolute Gasteiger partial charge is 0.497 e. The van der Waals surface area contributed by atoms with Gasteiger partial charge >= 0.3 is 0 Å². The normalized spacial score (nSPS) is 11.0. The number of benzene rings is 2. The molecule has 1 heterocycles. The predicted octanol–water partition coefficient (Wildman–Crippen LogP) is 4.54. The monoisotopic (exact) mass is 290 g/mol. The molecule has 0 aliphatic carbocycles. The third kappa shape index (κ3) is 3.09. The van der Waals surface area contributed by atoms with Gasteiger partial charge < -0.3 is 9.30 Å². The summed E-state index contributed by atoms with van der Waals surface area (Å²) in [5.74, 6) is 0.853. The molecule has 3 nitrogen and oxygen atoms in total. The Morgan fingerprint density at radius 2 is 1.68 bits per heavy atom. The van der Waals surface area contributed by atoms with Crippen molar-refractivity contribution in [2.24, 2.45) is 4.99 Å². The second kappa shape index (κ2) is 6.31. The molecule has 1 aromatic heterocycles. The zero-order valence-corrected chi connectivity index (χ0v) is 12.7. The van der Waals surface area contributed by atoms with Gasteiger partial charge in [0.15, 0.2) is 0 Å². The first-order valence-corrected chi connectivity index (χ1v) is 7.19. The molecule has 0 spiro atoms. The highest BCUT2D eigenvalue weighted by molar-refractivity contribution is 5.81. The van der Waals surface area contributed by atoms with Crippen molar-refractivity contribution in [1.82, 2.24) is 4.57 Å². The van der Waals surface area contributed by atoms with E-state index in [2.05, 4.69) is 28.6 Å². The summed E-state index contributed by atoms with van der Waals surface area (Å²) in [5.41, 5.74) is 4.30. The molecule has 0 fully saturated rings. The fourth-order valence-electron chi connectivity index (χ4n) is 2.25. The van der Waals surface area contributed by atoms with Crippen LogP contribution in [0, 0.1) is 6.92 Å². The van der Waals surface area contributed by atoms with E-state index in [1.807, 2.05) is 60.9 Å². The summed E-state index contributed by atoms with van der Waals surface area (Å²) >= 11 is 0. The van der Waals surface area contributed by atoms with E-state index < -0.39 is 0 Å². The topological polar surface area (TPSA) is 26.5 Å². The molecule has 0 N–H and O–H groups in total. The molecule has 0 bridgehead atoms. The van der Waals surface area contributed by atoms with Crippen LogP contribution in [0.25, 0.3) is 5.69 Å². The number of nitrogens with zero attached hydrogens (tertiary/aromatic N) is 2. The Morgan fingerprint density at radius 3 is 2.36 bits per heavy atom. The van der Waals surface area contributed by atoms with Crippen LogP contribution >= 0.6 is 0 Å². The Morgan fingerprint density at radius 1 is 0.955 bits per heavy atom. The minimum absolute atomic E-state index is 0.853. The Kier molecular flexibility index (Phi) is 4.05. The van der Waals surface area contributed by atoms with E-state index in [-0.39, 0.29) is 0 Å². The van der Waals surface area contributed by atoms with Crippen molar-refractivity contribution >= 4 is 11.9 Å². The second-order valence-corrected chi connectivity index (χ2v) is 5.09. The molecular weight excluding hydrogens is 272 g/mol. The number of hydrogen-bond donors (Lipinski definition) is 0. The van der Waals surface area contributed by atoms with E-state index >= 15 is 0 Å². The highest BCUT2D eigenvalue weighted by Crippen LogP contribution is 2.18. The molecule has 0 saturated heterocycles. The maximum absolute atomic E-state index is 5.20. The van der Waals surface area contributed by atoms with Gasteiger partial charge in [0.05, 0.1) is 24.7 Å². The van der Waals surface area contributed by atoms with Crippen LogP contribution in [-0.4, -0.2) is 17.9 Å². The van der Waals surface area contributed by atoms with E-state index in [4.69, 9.17) is 4.74 Å². The molecule has 0 radical (unpaired) electrons. The summed E-state index contributed by atoms with van der Waals surface area (Å²) in [4.78, 5) is 4.54. The van der Waals surface area contributed by atoms with Crippen molar-refractivity contribution in [3.05, 3.63) is 78.1 Å². The van der Waals surface area contributed by atoms with Crippen molar-refractivity contribution in [2.75, 3.05) is 7.11 Å². The first-order valence-electron chi connectivity index (χ1n) is 7.19. The van der Waals surface area contributed by atoms with Gasteiger partial charge in [-0.2, -0.15) is 0 Å². The van der Waals surface area contributed by atoms with Gasteiger partial charge in [0.25, 0.3) is 0 Å². The lowest BCUT2D eigenvalue weighted by Crippen LogP contribution is -1.97. The molecule has 110 valence electrons. The zero-order valence-electron chi connectivity index (χ0n) is 12.7. The fourth-order valence-corrected chi connectivity index (χ4v) is 2.25. The molecule has 22 heavy (non-hydrogen) atoms.